The van der Waals surface area contributed by atoms with E-state index in [0.717, 1.165) is 38.0 Å². The fraction of sp³-hybridized carbons (Fsp3) is 0.271. The number of anilines is 1. The van der Waals surface area contributed by atoms with Crippen LogP contribution in [0.1, 0.15) is 52.7 Å². The van der Waals surface area contributed by atoms with Crippen molar-refractivity contribution in [3.05, 3.63) is 165 Å². The van der Waals surface area contributed by atoms with E-state index in [1.54, 1.807) is 24.3 Å². The number of hydrogen-bond donors (Lipinski definition) is 5. The molecule has 1 aromatic heterocycles. The molecule has 5 aromatic carbocycles. The molecule has 0 aliphatic carbocycles. The molecule has 7 rings (SSSR count). The fourth-order valence-electron chi connectivity index (χ4n) is 7.69. The van der Waals surface area contributed by atoms with Gasteiger partial charge in [-0.3, -0.25) is 19.3 Å². The van der Waals surface area contributed by atoms with Crippen molar-refractivity contribution in [1.82, 2.24) is 15.2 Å². The number of nitrogens with zero attached hydrogens (tertiary/aromatic N) is 1. The zero-order valence-electron chi connectivity index (χ0n) is 33.8. The predicted octanol–water partition coefficient (Wildman–Crippen LogP) is 6.81. The van der Waals surface area contributed by atoms with Crippen LogP contribution in [0, 0.1) is 11.7 Å². The van der Waals surface area contributed by atoms with Crippen LogP contribution in [0.5, 0.6) is 17.2 Å². The van der Waals surface area contributed by atoms with Gasteiger partial charge in [-0.2, -0.15) is 0 Å². The van der Waals surface area contributed by atoms with Crippen LogP contribution < -0.4 is 25.7 Å². The summed E-state index contributed by atoms with van der Waals surface area (Å²) in [4.78, 5) is 43.6. The molecule has 1 fully saturated rings. The first-order valence-corrected chi connectivity index (χ1v) is 20.3. The van der Waals surface area contributed by atoms with Gasteiger partial charge in [0.15, 0.2) is 6.61 Å². The van der Waals surface area contributed by atoms with E-state index in [-0.39, 0.29) is 47.5 Å². The third-order valence-electron chi connectivity index (χ3n) is 10.9. The minimum atomic E-state index is -1.02. The number of nitrogens with one attached hydrogen (secondary N) is 3. The third-order valence-corrected chi connectivity index (χ3v) is 10.9. The highest BCUT2D eigenvalue weighted by Gasteiger charge is 2.27. The molecular formula is C48H49FN4O8. The number of aromatic amines is 1. The van der Waals surface area contributed by atoms with Crippen molar-refractivity contribution in [1.29, 1.82) is 0 Å². The van der Waals surface area contributed by atoms with E-state index < -0.39 is 30.4 Å². The number of methoxy groups -OCH3 is 1. The van der Waals surface area contributed by atoms with Gasteiger partial charge < -0.3 is 40.0 Å². The van der Waals surface area contributed by atoms with Crippen LogP contribution in [0.25, 0.3) is 10.9 Å². The number of H-pyrrole nitrogens is 1. The average molecular weight is 829 g/mol. The van der Waals surface area contributed by atoms with E-state index in [0.29, 0.717) is 40.2 Å². The molecule has 316 valence electrons. The molecule has 0 radical (unpaired) electrons. The molecule has 1 saturated heterocycles. The Bertz CT molecular complexity index is 2490. The normalized spacial score (nSPS) is 14.3. The molecule has 1 aliphatic rings. The Labute approximate surface area is 352 Å². The first kappa shape index (κ1) is 42.6. The van der Waals surface area contributed by atoms with Crippen LogP contribution in [0.15, 0.2) is 126 Å². The summed E-state index contributed by atoms with van der Waals surface area (Å²) in [6.45, 7) is 2.86. The van der Waals surface area contributed by atoms with E-state index in [1.807, 2.05) is 42.5 Å². The summed E-state index contributed by atoms with van der Waals surface area (Å²) in [7, 11) is 1.42. The number of benzene rings is 5. The van der Waals surface area contributed by atoms with E-state index in [2.05, 4.69) is 44.8 Å². The van der Waals surface area contributed by atoms with Gasteiger partial charge in [0.25, 0.3) is 5.91 Å². The quantitative estimate of drug-likeness (QED) is 0.0618. The standard InChI is InChI=1S/C48H49FN4O8/c1-59-43-25-40(39(49)24-35(43)26-50-27-42(55)37-15-17-41(54)47-38(37)16-18-44(56)52-47)51-45(57)30-60-36-14-8-13-34(23-36)46(33-11-6-3-7-12-33)48(58)61-29-32-19-21-53(22-20-32)28-31-9-4-2-5-10-31/h2-18,23-25,32,42,46,50,54-55H,19-22,26-30H2,1H3,(H,51,57)(H,52,56)/t42-,46?/m0/s1. The maximum Gasteiger partial charge on any atom is 0.317 e. The molecule has 13 heteroatoms. The lowest BCUT2D eigenvalue weighted by molar-refractivity contribution is -0.146. The summed E-state index contributed by atoms with van der Waals surface area (Å²) in [5, 5.41) is 27.2. The number of esters is 1. The van der Waals surface area contributed by atoms with Gasteiger partial charge in [-0.05, 0) is 84.4 Å². The highest BCUT2D eigenvalue weighted by Crippen LogP contribution is 2.32. The number of aromatic hydroxyl groups is 1. The number of amides is 1. The SMILES string of the molecule is COc1cc(NC(=O)COc2cccc(C(C(=O)OCC3CCN(Cc4ccccc4)CC3)c3ccccc3)c2)c(F)cc1CNC[C@H](O)c1ccc(O)c2[nH]c(=O)ccc12. The van der Waals surface area contributed by atoms with Crippen molar-refractivity contribution >= 4 is 28.5 Å². The maximum absolute atomic E-state index is 15.4. The van der Waals surface area contributed by atoms with Crippen LogP contribution in [-0.4, -0.2) is 71.9 Å². The second kappa shape index (κ2) is 20.1. The number of aliphatic hydroxyl groups excluding tert-OH is 1. The van der Waals surface area contributed by atoms with Crippen molar-refractivity contribution < 1.29 is 38.4 Å². The van der Waals surface area contributed by atoms with Gasteiger partial charge in [0.05, 0.1) is 31.0 Å². The number of aliphatic hydroxyl groups is 1. The number of hydrogen-bond acceptors (Lipinski definition) is 10. The lowest BCUT2D eigenvalue weighted by atomic mass is 9.91. The Morgan fingerprint density at radius 2 is 1.64 bits per heavy atom. The van der Waals surface area contributed by atoms with Crippen LogP contribution in [0.4, 0.5) is 10.1 Å². The van der Waals surface area contributed by atoms with Crippen LogP contribution in [0.2, 0.25) is 0 Å². The third kappa shape index (κ3) is 11.0. The predicted molar refractivity (Wildman–Crippen MR) is 230 cm³/mol. The van der Waals surface area contributed by atoms with Crippen molar-refractivity contribution in [2.45, 2.75) is 38.0 Å². The van der Waals surface area contributed by atoms with Crippen molar-refractivity contribution in [2.75, 3.05) is 45.3 Å². The van der Waals surface area contributed by atoms with Gasteiger partial charge in [0, 0.05) is 42.7 Å². The molecule has 0 bridgehead atoms. The number of halogens is 1. The zero-order chi connectivity index (χ0) is 42.7. The van der Waals surface area contributed by atoms with Crippen LogP contribution >= 0.6 is 0 Å². The smallest absolute Gasteiger partial charge is 0.317 e. The summed E-state index contributed by atoms with van der Waals surface area (Å²) in [5.41, 5.74) is 3.34. The number of piperidine rings is 1. The van der Waals surface area contributed by atoms with E-state index in [4.69, 9.17) is 14.2 Å². The van der Waals surface area contributed by atoms with Crippen molar-refractivity contribution in [2.24, 2.45) is 5.92 Å². The summed E-state index contributed by atoms with van der Waals surface area (Å²) >= 11 is 0. The second-order valence-electron chi connectivity index (χ2n) is 15.2. The Morgan fingerprint density at radius 3 is 2.39 bits per heavy atom. The van der Waals surface area contributed by atoms with Crippen LogP contribution in [-0.2, 0) is 27.4 Å². The number of carbonyl (C=O) groups excluding carboxylic acids is 2. The summed E-state index contributed by atoms with van der Waals surface area (Å²) in [6.07, 6.45) is 0.862. The van der Waals surface area contributed by atoms with Crippen molar-refractivity contribution in [3.8, 4) is 17.2 Å². The first-order valence-electron chi connectivity index (χ1n) is 20.3. The largest absolute Gasteiger partial charge is 0.506 e. The molecule has 1 amide bonds. The van der Waals surface area contributed by atoms with E-state index >= 15 is 4.39 Å². The fourth-order valence-corrected chi connectivity index (χ4v) is 7.69. The average Bonchev–Trinajstić information content (AvgIpc) is 3.27. The minimum Gasteiger partial charge on any atom is -0.506 e. The van der Waals surface area contributed by atoms with E-state index in [9.17, 15) is 24.6 Å². The second-order valence-corrected chi connectivity index (χ2v) is 15.2. The summed E-state index contributed by atoms with van der Waals surface area (Å²) in [6, 6.07) is 35.2. The van der Waals surface area contributed by atoms with Gasteiger partial charge in [-0.1, -0.05) is 78.9 Å². The molecule has 12 nitrogen and oxygen atoms in total. The lowest BCUT2D eigenvalue weighted by Gasteiger charge is -2.32. The molecule has 61 heavy (non-hydrogen) atoms. The molecule has 6 aromatic rings. The number of phenols is 1. The molecule has 2 heterocycles. The van der Waals surface area contributed by atoms with Gasteiger partial charge in [-0.15, -0.1) is 0 Å². The number of rotatable bonds is 17. The Balaban J connectivity index is 0.928. The van der Waals surface area contributed by atoms with Crippen LogP contribution in [0.3, 0.4) is 0 Å². The highest BCUT2D eigenvalue weighted by atomic mass is 19.1. The molecular weight excluding hydrogens is 780 g/mol. The monoisotopic (exact) mass is 828 g/mol. The number of ether oxygens (including phenoxy) is 3. The van der Waals surface area contributed by atoms with Gasteiger partial charge in [-0.25, -0.2) is 4.39 Å². The summed E-state index contributed by atoms with van der Waals surface area (Å²) < 4.78 is 32.7. The first-order chi connectivity index (χ1) is 29.6. The van der Waals surface area contributed by atoms with Gasteiger partial charge >= 0.3 is 5.97 Å². The molecule has 5 N–H and O–H groups in total. The minimum absolute atomic E-state index is 0.0589. The van der Waals surface area contributed by atoms with Gasteiger partial charge in [0.2, 0.25) is 5.56 Å². The number of likely N-dealkylation sites (tertiary alicyclic amines) is 1. The Kier molecular flexibility index (Phi) is 14.1. The molecule has 0 spiro atoms. The Morgan fingerprint density at radius 1 is 0.902 bits per heavy atom. The molecule has 2 atom stereocenters. The number of fused-ring (bicyclic) bond motifs is 1. The van der Waals surface area contributed by atoms with Gasteiger partial charge in [0.1, 0.15) is 29.0 Å². The molecule has 0 saturated carbocycles. The number of phenolic OH excluding ortho intramolecular Hbond substituents is 1. The maximum atomic E-state index is 15.4. The van der Waals surface area contributed by atoms with E-state index in [1.165, 1.54) is 43.0 Å². The highest BCUT2D eigenvalue weighted by molar-refractivity contribution is 5.92. The number of carbonyl (C=O) groups is 2. The topological polar surface area (TPSA) is 162 Å². The number of aromatic nitrogens is 1. The molecule has 1 aliphatic heterocycles. The summed E-state index contributed by atoms with van der Waals surface area (Å²) in [5.74, 6) is -1.60. The lowest BCUT2D eigenvalue weighted by Crippen LogP contribution is -2.35. The zero-order valence-corrected chi connectivity index (χ0v) is 33.8. The molecule has 1 unspecified atom stereocenters. The van der Waals surface area contributed by atoms with Crippen molar-refractivity contribution in [3.63, 3.8) is 0 Å². The Hall–Kier alpha value is -6.54. The number of pyridine rings is 1.